The minimum Gasteiger partial charge on any atom is -0.397 e. The van der Waals surface area contributed by atoms with E-state index in [9.17, 15) is 0 Å². The van der Waals surface area contributed by atoms with Gasteiger partial charge in [0.15, 0.2) is 0 Å². The molecule has 0 amide bonds. The molecule has 0 saturated heterocycles. The zero-order chi connectivity index (χ0) is 12.4. The van der Waals surface area contributed by atoms with Crippen molar-refractivity contribution < 1.29 is 0 Å². The van der Waals surface area contributed by atoms with E-state index in [1.165, 1.54) is 16.7 Å². The van der Waals surface area contributed by atoms with E-state index in [1.54, 1.807) is 0 Å². The van der Waals surface area contributed by atoms with Gasteiger partial charge in [-0.05, 0) is 61.7 Å². The van der Waals surface area contributed by atoms with Crippen molar-refractivity contribution >= 4 is 17.1 Å². The Morgan fingerprint density at radius 3 is 2.35 bits per heavy atom. The highest BCUT2D eigenvalue weighted by molar-refractivity contribution is 5.74. The van der Waals surface area contributed by atoms with Crippen molar-refractivity contribution in [3.63, 3.8) is 0 Å². The zero-order valence-corrected chi connectivity index (χ0v) is 10.5. The molecule has 3 N–H and O–H groups in total. The summed E-state index contributed by atoms with van der Waals surface area (Å²) < 4.78 is 0. The molecule has 0 aromatic heterocycles. The molecule has 0 saturated carbocycles. The molecule has 0 radical (unpaired) electrons. The van der Waals surface area contributed by atoms with Crippen molar-refractivity contribution in [3.8, 4) is 0 Å². The molecule has 0 bridgehead atoms. The smallest absolute Gasteiger partial charge is 0.0620 e. The van der Waals surface area contributed by atoms with Crippen molar-refractivity contribution in [2.75, 3.05) is 11.1 Å². The summed E-state index contributed by atoms with van der Waals surface area (Å²) >= 11 is 0. The second-order valence-electron chi connectivity index (χ2n) is 4.52. The molecule has 0 unspecified atom stereocenters. The fraction of sp³-hybridized carbons (Fsp3) is 0.200. The van der Waals surface area contributed by atoms with Gasteiger partial charge in [-0.1, -0.05) is 12.1 Å². The molecule has 0 atom stereocenters. The lowest BCUT2D eigenvalue weighted by Gasteiger charge is -2.12. The van der Waals surface area contributed by atoms with Gasteiger partial charge in [-0.3, -0.25) is 0 Å². The molecule has 0 aliphatic rings. The van der Waals surface area contributed by atoms with Gasteiger partial charge >= 0.3 is 0 Å². The molecule has 0 spiro atoms. The van der Waals surface area contributed by atoms with Crippen LogP contribution in [0.5, 0.6) is 0 Å². The summed E-state index contributed by atoms with van der Waals surface area (Å²) in [5.41, 5.74) is 12.5. The predicted molar refractivity (Wildman–Crippen MR) is 74.8 cm³/mol. The Bertz CT molecular complexity index is 545. The molecule has 0 fully saturated rings. The van der Waals surface area contributed by atoms with Gasteiger partial charge in [0.25, 0.3) is 0 Å². The van der Waals surface area contributed by atoms with Crippen LogP contribution in [-0.2, 0) is 0 Å². The summed E-state index contributed by atoms with van der Waals surface area (Å²) in [5, 5.41) is 3.36. The van der Waals surface area contributed by atoms with Gasteiger partial charge in [-0.15, -0.1) is 0 Å². The van der Waals surface area contributed by atoms with E-state index in [1.807, 2.05) is 18.2 Å². The molecule has 2 rings (SSSR count). The maximum absolute atomic E-state index is 6.01. The topological polar surface area (TPSA) is 38.0 Å². The third kappa shape index (κ3) is 2.59. The summed E-state index contributed by atoms with van der Waals surface area (Å²) in [7, 11) is 0. The van der Waals surface area contributed by atoms with Crippen LogP contribution in [0.3, 0.4) is 0 Å². The van der Waals surface area contributed by atoms with Gasteiger partial charge < -0.3 is 11.1 Å². The van der Waals surface area contributed by atoms with Crippen LogP contribution in [0, 0.1) is 20.8 Å². The highest BCUT2D eigenvalue weighted by atomic mass is 14.9. The summed E-state index contributed by atoms with van der Waals surface area (Å²) in [5.74, 6) is 0. The van der Waals surface area contributed by atoms with E-state index < -0.39 is 0 Å². The Morgan fingerprint density at radius 2 is 1.65 bits per heavy atom. The maximum Gasteiger partial charge on any atom is 0.0620 e. The monoisotopic (exact) mass is 226 g/mol. The quantitative estimate of drug-likeness (QED) is 0.761. The van der Waals surface area contributed by atoms with Crippen LogP contribution in [0.2, 0.25) is 0 Å². The number of hydrogen-bond donors (Lipinski definition) is 2. The van der Waals surface area contributed by atoms with E-state index in [-0.39, 0.29) is 0 Å². The molecule has 2 nitrogen and oxygen atoms in total. The Hall–Kier alpha value is -1.96. The first-order chi connectivity index (χ1) is 8.06. The Labute approximate surface area is 102 Å². The highest BCUT2D eigenvalue weighted by Crippen LogP contribution is 2.26. The van der Waals surface area contributed by atoms with Gasteiger partial charge in [-0.25, -0.2) is 0 Å². The van der Waals surface area contributed by atoms with Gasteiger partial charge in [0, 0.05) is 5.69 Å². The first-order valence-corrected chi connectivity index (χ1v) is 5.76. The second-order valence-corrected chi connectivity index (χ2v) is 4.52. The molecular formula is C15H18N2. The molecule has 0 aliphatic heterocycles. The first kappa shape index (κ1) is 11.5. The van der Waals surface area contributed by atoms with Gasteiger partial charge in [0.2, 0.25) is 0 Å². The largest absolute Gasteiger partial charge is 0.397 e. The minimum absolute atomic E-state index is 0.787. The maximum atomic E-state index is 6.01. The van der Waals surface area contributed by atoms with Crippen molar-refractivity contribution in [1.29, 1.82) is 0 Å². The molecular weight excluding hydrogens is 208 g/mol. The SMILES string of the molecule is Cc1cccc(Nc2cc(C)c(C)cc2N)c1. The Balaban J connectivity index is 2.33. The van der Waals surface area contributed by atoms with Crippen LogP contribution in [0.15, 0.2) is 36.4 Å². The number of aryl methyl sites for hydroxylation is 3. The van der Waals surface area contributed by atoms with Crippen molar-refractivity contribution in [2.45, 2.75) is 20.8 Å². The van der Waals surface area contributed by atoms with Crippen LogP contribution in [0.1, 0.15) is 16.7 Å². The lowest BCUT2D eigenvalue weighted by molar-refractivity contribution is 1.34. The fourth-order valence-electron chi connectivity index (χ4n) is 1.83. The van der Waals surface area contributed by atoms with Crippen LogP contribution in [-0.4, -0.2) is 0 Å². The average Bonchev–Trinajstić information content (AvgIpc) is 2.26. The molecule has 0 aliphatic carbocycles. The van der Waals surface area contributed by atoms with E-state index in [0.717, 1.165) is 17.1 Å². The lowest BCUT2D eigenvalue weighted by Crippen LogP contribution is -1.98. The summed E-state index contributed by atoms with van der Waals surface area (Å²) in [6.45, 7) is 6.24. The van der Waals surface area contributed by atoms with Crippen LogP contribution < -0.4 is 11.1 Å². The normalized spacial score (nSPS) is 10.3. The summed E-state index contributed by atoms with van der Waals surface area (Å²) in [4.78, 5) is 0. The number of benzene rings is 2. The van der Waals surface area contributed by atoms with Crippen molar-refractivity contribution in [2.24, 2.45) is 0 Å². The Kier molecular flexibility index (Phi) is 3.05. The number of anilines is 3. The van der Waals surface area contributed by atoms with Crippen molar-refractivity contribution in [3.05, 3.63) is 53.1 Å². The number of nitrogens with one attached hydrogen (secondary N) is 1. The van der Waals surface area contributed by atoms with E-state index in [4.69, 9.17) is 5.73 Å². The number of rotatable bonds is 2. The molecule has 2 heteroatoms. The minimum atomic E-state index is 0.787. The number of nitrogen functional groups attached to an aromatic ring is 1. The highest BCUT2D eigenvalue weighted by Gasteiger charge is 2.03. The summed E-state index contributed by atoms with van der Waals surface area (Å²) in [6, 6.07) is 12.4. The fourth-order valence-corrected chi connectivity index (χ4v) is 1.83. The molecule has 17 heavy (non-hydrogen) atoms. The molecule has 0 heterocycles. The van der Waals surface area contributed by atoms with E-state index in [2.05, 4.69) is 44.3 Å². The third-order valence-corrected chi connectivity index (χ3v) is 2.96. The average molecular weight is 226 g/mol. The molecule has 2 aromatic rings. The van der Waals surface area contributed by atoms with Crippen LogP contribution in [0.25, 0.3) is 0 Å². The molecule has 88 valence electrons. The van der Waals surface area contributed by atoms with Crippen molar-refractivity contribution in [1.82, 2.24) is 0 Å². The van der Waals surface area contributed by atoms with Crippen LogP contribution in [0.4, 0.5) is 17.1 Å². The lowest BCUT2D eigenvalue weighted by atomic mass is 10.1. The zero-order valence-electron chi connectivity index (χ0n) is 10.5. The van der Waals surface area contributed by atoms with Gasteiger partial charge in [0.05, 0.1) is 11.4 Å². The standard InChI is InChI=1S/C15H18N2/c1-10-5-4-6-13(7-10)17-15-9-12(3)11(2)8-14(15)16/h4-9,17H,16H2,1-3H3. The predicted octanol–water partition coefficient (Wildman–Crippen LogP) is 3.94. The van der Waals surface area contributed by atoms with Gasteiger partial charge in [0.1, 0.15) is 0 Å². The van der Waals surface area contributed by atoms with Crippen LogP contribution >= 0.6 is 0 Å². The summed E-state index contributed by atoms with van der Waals surface area (Å²) in [6.07, 6.45) is 0. The van der Waals surface area contributed by atoms with E-state index in [0.29, 0.717) is 0 Å². The third-order valence-electron chi connectivity index (χ3n) is 2.96. The van der Waals surface area contributed by atoms with E-state index >= 15 is 0 Å². The first-order valence-electron chi connectivity index (χ1n) is 5.76. The molecule has 2 aromatic carbocycles. The number of nitrogens with two attached hydrogens (primary N) is 1. The Morgan fingerprint density at radius 1 is 0.941 bits per heavy atom. The number of hydrogen-bond acceptors (Lipinski definition) is 2. The van der Waals surface area contributed by atoms with Gasteiger partial charge in [-0.2, -0.15) is 0 Å². The second kappa shape index (κ2) is 4.50.